The number of aromatic nitrogens is 2. The highest BCUT2D eigenvalue weighted by Gasteiger charge is 2.19. The van der Waals surface area contributed by atoms with Crippen LogP contribution < -0.4 is 5.56 Å². The zero-order valence-electron chi connectivity index (χ0n) is 15.6. The third-order valence-electron chi connectivity index (χ3n) is 4.46. The van der Waals surface area contributed by atoms with Crippen molar-refractivity contribution in [3.63, 3.8) is 0 Å². The zero-order chi connectivity index (χ0) is 20.3. The summed E-state index contributed by atoms with van der Waals surface area (Å²) in [5.74, 6) is -0.229. The lowest BCUT2D eigenvalue weighted by Gasteiger charge is -2.27. The van der Waals surface area contributed by atoms with E-state index in [1.54, 1.807) is 4.90 Å². The number of nitrogens with zero attached hydrogens (tertiary/aromatic N) is 4. The number of carbonyl (C=O) groups excluding carboxylic acids is 1. The quantitative estimate of drug-likeness (QED) is 0.484. The number of amides is 1. The summed E-state index contributed by atoms with van der Waals surface area (Å²) in [6, 6.07) is 13.4. The highest BCUT2D eigenvalue weighted by atomic mass is 16.6. The van der Waals surface area contributed by atoms with E-state index in [0.29, 0.717) is 12.1 Å². The van der Waals surface area contributed by atoms with E-state index in [9.17, 15) is 19.7 Å². The van der Waals surface area contributed by atoms with Crippen molar-refractivity contribution < 1.29 is 9.72 Å². The fourth-order valence-corrected chi connectivity index (χ4v) is 2.95. The van der Waals surface area contributed by atoms with E-state index in [1.807, 2.05) is 44.2 Å². The van der Waals surface area contributed by atoms with Crippen molar-refractivity contribution in [3.8, 4) is 0 Å². The molecule has 1 heterocycles. The van der Waals surface area contributed by atoms with Gasteiger partial charge in [-0.3, -0.25) is 24.3 Å². The number of carbonyl (C=O) groups is 1. The fraction of sp³-hybridized carbons (Fsp3) is 0.250. The van der Waals surface area contributed by atoms with Crippen molar-refractivity contribution in [2.24, 2.45) is 0 Å². The number of nitro benzene ring substituents is 1. The number of nitro groups is 1. The highest BCUT2D eigenvalue weighted by Crippen LogP contribution is 2.16. The Kier molecular flexibility index (Phi) is 5.49. The lowest BCUT2D eigenvalue weighted by molar-refractivity contribution is -0.384. The molecular formula is C20H20N4O4. The van der Waals surface area contributed by atoms with Crippen LogP contribution in [0.2, 0.25) is 0 Å². The molecule has 1 aromatic heterocycles. The van der Waals surface area contributed by atoms with Gasteiger partial charge >= 0.3 is 0 Å². The molecule has 0 saturated carbocycles. The number of rotatable bonds is 6. The Morgan fingerprint density at radius 2 is 1.93 bits per heavy atom. The molecule has 0 spiro atoms. The van der Waals surface area contributed by atoms with Crippen LogP contribution in [0.1, 0.15) is 19.4 Å². The van der Waals surface area contributed by atoms with Crippen molar-refractivity contribution in [1.29, 1.82) is 0 Å². The van der Waals surface area contributed by atoms with Gasteiger partial charge in [-0.05, 0) is 25.5 Å². The summed E-state index contributed by atoms with van der Waals surface area (Å²) in [5.41, 5.74) is 0.669. The van der Waals surface area contributed by atoms with Crippen molar-refractivity contribution in [1.82, 2.24) is 14.5 Å². The molecule has 0 saturated heterocycles. The second-order valence-corrected chi connectivity index (χ2v) is 6.74. The van der Waals surface area contributed by atoms with E-state index in [0.717, 1.165) is 5.56 Å². The molecule has 2 aromatic carbocycles. The van der Waals surface area contributed by atoms with E-state index in [-0.39, 0.29) is 29.6 Å². The zero-order valence-corrected chi connectivity index (χ0v) is 15.6. The average molecular weight is 380 g/mol. The number of non-ortho nitro benzene ring substituents is 1. The molecule has 8 nitrogen and oxygen atoms in total. The van der Waals surface area contributed by atoms with Gasteiger partial charge in [0.1, 0.15) is 6.54 Å². The fourth-order valence-electron chi connectivity index (χ4n) is 2.95. The topological polar surface area (TPSA) is 98.3 Å². The maximum Gasteiger partial charge on any atom is 0.270 e. The molecule has 0 atom stereocenters. The van der Waals surface area contributed by atoms with Gasteiger partial charge < -0.3 is 4.90 Å². The minimum atomic E-state index is -0.568. The monoisotopic (exact) mass is 380 g/mol. The molecular weight excluding hydrogens is 360 g/mol. The second-order valence-electron chi connectivity index (χ2n) is 6.74. The minimum absolute atomic E-state index is 0.0575. The molecule has 0 N–H and O–H groups in total. The van der Waals surface area contributed by atoms with Crippen molar-refractivity contribution in [2.75, 3.05) is 0 Å². The lowest BCUT2D eigenvalue weighted by atomic mass is 10.2. The van der Waals surface area contributed by atoms with E-state index < -0.39 is 10.5 Å². The molecule has 1 amide bonds. The molecule has 8 heteroatoms. The number of fused-ring (bicyclic) bond motifs is 1. The molecule has 0 aliphatic heterocycles. The van der Waals surface area contributed by atoms with Crippen molar-refractivity contribution in [3.05, 3.63) is 80.9 Å². The maximum absolute atomic E-state index is 12.9. The standard InChI is InChI=1S/C20H20N4O4/c1-14(2)23(11-15-6-4-3-5-7-15)19(25)12-22-13-21-18-9-8-16(24(27)28)10-17(18)20(22)26/h3-10,13-14H,11-12H2,1-2H3. The Labute approximate surface area is 161 Å². The number of hydrogen-bond donors (Lipinski definition) is 0. The van der Waals surface area contributed by atoms with Crippen molar-refractivity contribution in [2.45, 2.75) is 33.0 Å². The summed E-state index contributed by atoms with van der Waals surface area (Å²) >= 11 is 0. The van der Waals surface area contributed by atoms with Gasteiger partial charge in [0.05, 0.1) is 22.2 Å². The van der Waals surface area contributed by atoms with Gasteiger partial charge in [0.25, 0.3) is 11.2 Å². The van der Waals surface area contributed by atoms with E-state index in [4.69, 9.17) is 0 Å². The maximum atomic E-state index is 12.9. The molecule has 0 bridgehead atoms. The molecule has 0 aliphatic carbocycles. The Hall–Kier alpha value is -3.55. The van der Waals surface area contributed by atoms with Gasteiger partial charge in [0.2, 0.25) is 5.91 Å². The molecule has 144 valence electrons. The summed E-state index contributed by atoms with van der Waals surface area (Å²) < 4.78 is 1.19. The van der Waals surface area contributed by atoms with Crippen LogP contribution in [0.25, 0.3) is 10.9 Å². The van der Waals surface area contributed by atoms with Gasteiger partial charge in [0.15, 0.2) is 0 Å². The molecule has 28 heavy (non-hydrogen) atoms. The smallest absolute Gasteiger partial charge is 0.270 e. The van der Waals surface area contributed by atoms with Gasteiger partial charge in [-0.25, -0.2) is 4.98 Å². The molecule has 0 fully saturated rings. The van der Waals surface area contributed by atoms with Gasteiger partial charge in [-0.15, -0.1) is 0 Å². The van der Waals surface area contributed by atoms with E-state index >= 15 is 0 Å². The Bertz CT molecular complexity index is 1080. The summed E-state index contributed by atoms with van der Waals surface area (Å²) in [5, 5.41) is 11.1. The number of benzene rings is 2. The first-order valence-electron chi connectivity index (χ1n) is 8.84. The van der Waals surface area contributed by atoms with Gasteiger partial charge in [-0.1, -0.05) is 30.3 Å². The lowest BCUT2D eigenvalue weighted by Crippen LogP contribution is -2.40. The Balaban J connectivity index is 1.89. The predicted molar refractivity (Wildman–Crippen MR) is 105 cm³/mol. The summed E-state index contributed by atoms with van der Waals surface area (Å²) in [4.78, 5) is 41.8. The third kappa shape index (κ3) is 4.06. The minimum Gasteiger partial charge on any atom is -0.334 e. The van der Waals surface area contributed by atoms with Crippen LogP contribution in [-0.4, -0.2) is 31.3 Å². The van der Waals surface area contributed by atoms with E-state index in [1.165, 1.54) is 29.1 Å². The van der Waals surface area contributed by atoms with Crippen LogP contribution in [0, 0.1) is 10.1 Å². The first-order chi connectivity index (χ1) is 13.4. The van der Waals surface area contributed by atoms with Crippen LogP contribution in [0.4, 0.5) is 5.69 Å². The van der Waals surface area contributed by atoms with Crippen LogP contribution in [0.3, 0.4) is 0 Å². The first kappa shape index (κ1) is 19.2. The molecule has 3 rings (SSSR count). The Morgan fingerprint density at radius 1 is 1.21 bits per heavy atom. The average Bonchev–Trinajstić information content (AvgIpc) is 2.68. The van der Waals surface area contributed by atoms with Crippen LogP contribution in [-0.2, 0) is 17.9 Å². The largest absolute Gasteiger partial charge is 0.334 e. The molecule has 3 aromatic rings. The Morgan fingerprint density at radius 3 is 2.57 bits per heavy atom. The van der Waals surface area contributed by atoms with Crippen LogP contribution >= 0.6 is 0 Å². The highest BCUT2D eigenvalue weighted by molar-refractivity contribution is 5.81. The molecule has 0 radical (unpaired) electrons. The molecule has 0 aliphatic rings. The van der Waals surface area contributed by atoms with Crippen LogP contribution in [0.15, 0.2) is 59.7 Å². The summed E-state index contributed by atoms with van der Waals surface area (Å²) in [6.45, 7) is 4.06. The third-order valence-corrected chi connectivity index (χ3v) is 4.46. The van der Waals surface area contributed by atoms with Crippen molar-refractivity contribution >= 4 is 22.5 Å². The predicted octanol–water partition coefficient (Wildman–Crippen LogP) is 2.74. The SMILES string of the molecule is CC(C)N(Cc1ccccc1)C(=O)Cn1cnc2ccc([N+](=O)[O-])cc2c1=O. The normalized spacial score (nSPS) is 11.0. The van der Waals surface area contributed by atoms with E-state index in [2.05, 4.69) is 4.98 Å². The van der Waals surface area contributed by atoms with Gasteiger partial charge in [-0.2, -0.15) is 0 Å². The number of hydrogen-bond acceptors (Lipinski definition) is 5. The first-order valence-corrected chi connectivity index (χ1v) is 8.84. The summed E-state index contributed by atoms with van der Waals surface area (Å²) in [6.07, 6.45) is 1.30. The molecule has 0 unspecified atom stereocenters. The van der Waals surface area contributed by atoms with Gasteiger partial charge in [0, 0.05) is 24.7 Å². The van der Waals surface area contributed by atoms with Crippen LogP contribution in [0.5, 0.6) is 0 Å². The summed E-state index contributed by atoms with van der Waals surface area (Å²) in [7, 11) is 0. The second kappa shape index (κ2) is 7.99.